The van der Waals surface area contributed by atoms with Gasteiger partial charge >= 0.3 is 0 Å². The SMILES string of the molecule is CCCc1c(Cc2ccnn2-c2cccc(C#N)n2)ncn2nc(C)nc12. The fraction of sp³-hybridized carbons (Fsp3) is 0.263. The number of nitrogens with zero attached hydrogens (tertiary/aromatic N) is 8. The van der Waals surface area contributed by atoms with Gasteiger partial charge in [-0.2, -0.15) is 15.5 Å². The zero-order valence-corrected chi connectivity index (χ0v) is 15.2. The van der Waals surface area contributed by atoms with Gasteiger partial charge in [0, 0.05) is 18.2 Å². The molecule has 0 saturated heterocycles. The highest BCUT2D eigenvalue weighted by molar-refractivity contribution is 5.50. The fourth-order valence-electron chi connectivity index (χ4n) is 3.15. The van der Waals surface area contributed by atoms with Gasteiger partial charge < -0.3 is 0 Å². The molecule has 0 amide bonds. The van der Waals surface area contributed by atoms with Crippen molar-refractivity contribution >= 4 is 5.65 Å². The molecule has 4 aromatic heterocycles. The second kappa shape index (κ2) is 6.96. The highest BCUT2D eigenvalue weighted by Crippen LogP contribution is 2.19. The van der Waals surface area contributed by atoms with Crippen LogP contribution in [0.25, 0.3) is 11.5 Å². The Morgan fingerprint density at radius 3 is 2.89 bits per heavy atom. The molecule has 0 aliphatic rings. The van der Waals surface area contributed by atoms with E-state index in [2.05, 4.69) is 38.1 Å². The van der Waals surface area contributed by atoms with Crippen molar-refractivity contribution in [2.45, 2.75) is 33.1 Å². The van der Waals surface area contributed by atoms with Crippen LogP contribution in [0.15, 0.2) is 36.8 Å². The fourth-order valence-corrected chi connectivity index (χ4v) is 3.15. The van der Waals surface area contributed by atoms with Crippen LogP contribution in [0.3, 0.4) is 0 Å². The second-order valence-corrected chi connectivity index (χ2v) is 6.25. The summed E-state index contributed by atoms with van der Waals surface area (Å²) in [5.41, 5.74) is 4.22. The zero-order chi connectivity index (χ0) is 18.8. The predicted octanol–water partition coefficient (Wildman–Crippen LogP) is 2.43. The van der Waals surface area contributed by atoms with E-state index in [1.54, 1.807) is 33.9 Å². The molecule has 4 rings (SSSR count). The number of hydrogen-bond donors (Lipinski definition) is 0. The molecule has 134 valence electrons. The average molecular weight is 358 g/mol. The van der Waals surface area contributed by atoms with E-state index in [1.807, 2.05) is 19.1 Å². The summed E-state index contributed by atoms with van der Waals surface area (Å²) in [5, 5.41) is 17.8. The molecule has 0 saturated carbocycles. The Hall–Kier alpha value is -3.60. The van der Waals surface area contributed by atoms with Gasteiger partial charge in [0.2, 0.25) is 0 Å². The van der Waals surface area contributed by atoms with Gasteiger partial charge in [0.05, 0.1) is 11.4 Å². The van der Waals surface area contributed by atoms with Gasteiger partial charge in [-0.1, -0.05) is 19.4 Å². The molecule has 4 heterocycles. The van der Waals surface area contributed by atoms with Crippen molar-refractivity contribution in [1.82, 2.24) is 34.3 Å². The Labute approximate surface area is 156 Å². The van der Waals surface area contributed by atoms with Crippen LogP contribution < -0.4 is 0 Å². The van der Waals surface area contributed by atoms with E-state index in [0.29, 0.717) is 17.9 Å². The molecule has 0 atom stereocenters. The van der Waals surface area contributed by atoms with Crippen LogP contribution in [0.5, 0.6) is 0 Å². The van der Waals surface area contributed by atoms with Crippen LogP contribution >= 0.6 is 0 Å². The lowest BCUT2D eigenvalue weighted by atomic mass is 10.1. The number of fused-ring (bicyclic) bond motifs is 1. The summed E-state index contributed by atoms with van der Waals surface area (Å²) in [5.74, 6) is 1.35. The summed E-state index contributed by atoms with van der Waals surface area (Å²) in [6.07, 6.45) is 5.90. The van der Waals surface area contributed by atoms with Gasteiger partial charge in [-0.15, -0.1) is 0 Å². The molecule has 8 nitrogen and oxygen atoms in total. The summed E-state index contributed by atoms with van der Waals surface area (Å²) in [6.45, 7) is 4.02. The molecular formula is C19H18N8. The molecule has 0 unspecified atom stereocenters. The quantitative estimate of drug-likeness (QED) is 0.543. The molecule has 0 aliphatic heterocycles. The Morgan fingerprint density at radius 1 is 1.19 bits per heavy atom. The summed E-state index contributed by atoms with van der Waals surface area (Å²) in [7, 11) is 0. The molecule has 0 radical (unpaired) electrons. The summed E-state index contributed by atoms with van der Waals surface area (Å²) in [4.78, 5) is 13.5. The first kappa shape index (κ1) is 16.8. The maximum absolute atomic E-state index is 9.09. The van der Waals surface area contributed by atoms with Gasteiger partial charge in [-0.25, -0.2) is 24.1 Å². The maximum atomic E-state index is 9.09. The molecule has 0 N–H and O–H groups in total. The van der Waals surface area contributed by atoms with E-state index in [4.69, 9.17) is 5.26 Å². The number of pyridine rings is 1. The molecule has 0 fully saturated rings. The minimum absolute atomic E-state index is 0.360. The highest BCUT2D eigenvalue weighted by atomic mass is 15.3. The number of rotatable bonds is 5. The predicted molar refractivity (Wildman–Crippen MR) is 98.4 cm³/mol. The second-order valence-electron chi connectivity index (χ2n) is 6.25. The van der Waals surface area contributed by atoms with E-state index in [-0.39, 0.29) is 0 Å². The molecule has 0 bridgehead atoms. The van der Waals surface area contributed by atoms with Crippen molar-refractivity contribution < 1.29 is 0 Å². The van der Waals surface area contributed by atoms with Crippen LogP contribution in [-0.2, 0) is 12.8 Å². The van der Waals surface area contributed by atoms with Crippen molar-refractivity contribution in [3.8, 4) is 11.9 Å². The van der Waals surface area contributed by atoms with E-state index in [9.17, 15) is 0 Å². The van der Waals surface area contributed by atoms with Gasteiger partial charge in [0.1, 0.15) is 23.9 Å². The number of nitriles is 1. The lowest BCUT2D eigenvalue weighted by molar-refractivity contribution is 0.775. The van der Waals surface area contributed by atoms with Crippen molar-refractivity contribution in [2.24, 2.45) is 0 Å². The van der Waals surface area contributed by atoms with E-state index in [0.717, 1.165) is 41.3 Å². The van der Waals surface area contributed by atoms with Crippen molar-refractivity contribution in [2.75, 3.05) is 0 Å². The van der Waals surface area contributed by atoms with Gasteiger partial charge in [0.15, 0.2) is 11.5 Å². The number of aromatic nitrogens is 7. The third-order valence-electron chi connectivity index (χ3n) is 4.31. The van der Waals surface area contributed by atoms with Crippen LogP contribution in [0.1, 0.15) is 41.8 Å². The monoisotopic (exact) mass is 358 g/mol. The first-order valence-electron chi connectivity index (χ1n) is 8.79. The lowest BCUT2D eigenvalue weighted by Gasteiger charge is -2.10. The summed E-state index contributed by atoms with van der Waals surface area (Å²) >= 11 is 0. The van der Waals surface area contributed by atoms with Crippen molar-refractivity contribution in [3.63, 3.8) is 0 Å². The van der Waals surface area contributed by atoms with Gasteiger partial charge in [-0.05, 0) is 31.5 Å². The molecule has 8 heteroatoms. The summed E-state index contributed by atoms with van der Waals surface area (Å²) < 4.78 is 3.48. The van der Waals surface area contributed by atoms with E-state index < -0.39 is 0 Å². The number of aryl methyl sites for hydroxylation is 2. The largest absolute Gasteiger partial charge is 0.240 e. The standard InChI is InChI=1S/C19H18N8/c1-3-5-16-17(21-12-26-19(16)23-13(2)25-26)10-15-8-9-22-27(15)18-7-4-6-14(11-20)24-18/h4,6-9,12H,3,5,10H2,1-2H3. The first-order chi connectivity index (χ1) is 13.2. The minimum atomic E-state index is 0.360. The Kier molecular flexibility index (Phi) is 4.34. The molecule has 27 heavy (non-hydrogen) atoms. The van der Waals surface area contributed by atoms with Crippen LogP contribution in [-0.4, -0.2) is 34.3 Å². The van der Waals surface area contributed by atoms with Crippen LogP contribution in [0.4, 0.5) is 0 Å². The summed E-state index contributed by atoms with van der Waals surface area (Å²) in [6, 6.07) is 9.32. The molecular weight excluding hydrogens is 340 g/mol. The molecule has 0 aliphatic carbocycles. The van der Waals surface area contributed by atoms with Gasteiger partial charge in [0.25, 0.3) is 0 Å². The van der Waals surface area contributed by atoms with Crippen LogP contribution in [0.2, 0.25) is 0 Å². The maximum Gasteiger partial charge on any atom is 0.162 e. The van der Waals surface area contributed by atoms with Crippen molar-refractivity contribution in [1.29, 1.82) is 5.26 Å². The van der Waals surface area contributed by atoms with E-state index in [1.165, 1.54) is 0 Å². The molecule has 4 aromatic rings. The van der Waals surface area contributed by atoms with E-state index >= 15 is 0 Å². The third-order valence-corrected chi connectivity index (χ3v) is 4.31. The normalized spacial score (nSPS) is 11.0. The van der Waals surface area contributed by atoms with Gasteiger partial charge in [-0.3, -0.25) is 0 Å². The molecule has 0 aromatic carbocycles. The Balaban J connectivity index is 1.76. The lowest BCUT2D eigenvalue weighted by Crippen LogP contribution is -2.09. The zero-order valence-electron chi connectivity index (χ0n) is 15.2. The van der Waals surface area contributed by atoms with Crippen LogP contribution in [0, 0.1) is 18.3 Å². The Bertz CT molecular complexity index is 1150. The molecule has 0 spiro atoms. The highest BCUT2D eigenvalue weighted by Gasteiger charge is 2.15. The third kappa shape index (κ3) is 3.15. The number of hydrogen-bond acceptors (Lipinski definition) is 6. The minimum Gasteiger partial charge on any atom is -0.240 e. The smallest absolute Gasteiger partial charge is 0.162 e. The Morgan fingerprint density at radius 2 is 2.07 bits per heavy atom. The first-order valence-corrected chi connectivity index (χ1v) is 8.79. The topological polar surface area (TPSA) is 97.6 Å². The van der Waals surface area contributed by atoms with Crippen molar-refractivity contribution in [3.05, 3.63) is 65.3 Å². The average Bonchev–Trinajstić information content (AvgIpc) is 3.29.